The maximum absolute atomic E-state index is 14.4. The van der Waals surface area contributed by atoms with Crippen molar-refractivity contribution in [2.45, 2.75) is 38.4 Å². The summed E-state index contributed by atoms with van der Waals surface area (Å²) in [6.07, 6.45) is 1.76. The van der Waals surface area contributed by atoms with Crippen LogP contribution < -0.4 is 10.1 Å². The van der Waals surface area contributed by atoms with Gasteiger partial charge < -0.3 is 19.9 Å². The second-order valence-corrected chi connectivity index (χ2v) is 9.36. The highest BCUT2D eigenvalue weighted by Gasteiger charge is 2.29. The molecule has 8 nitrogen and oxygen atoms in total. The molecule has 0 spiro atoms. The predicted octanol–water partition coefficient (Wildman–Crippen LogP) is 3.23. The molecular weight excluding hydrogens is 463 g/mol. The van der Waals surface area contributed by atoms with Gasteiger partial charge in [0.2, 0.25) is 0 Å². The lowest BCUT2D eigenvalue weighted by Gasteiger charge is -2.31. The number of Topliss-reactive ketones (excluding diaryl/α,β-unsaturated/α-hetero) is 1. The van der Waals surface area contributed by atoms with Crippen molar-refractivity contribution in [2.75, 3.05) is 40.8 Å². The van der Waals surface area contributed by atoms with Crippen LogP contribution in [-0.2, 0) is 0 Å². The van der Waals surface area contributed by atoms with Crippen LogP contribution in [-0.4, -0.2) is 85.4 Å². The van der Waals surface area contributed by atoms with E-state index < -0.39 is 18.1 Å². The number of hydrogen-bond acceptors (Lipinski definition) is 6. The van der Waals surface area contributed by atoms with Crippen molar-refractivity contribution in [1.82, 2.24) is 20.1 Å². The number of rotatable bonds is 10. The second kappa shape index (κ2) is 12.6. The maximum Gasteiger partial charge on any atom is 0.272 e. The molecule has 1 unspecified atom stereocenters. The van der Waals surface area contributed by atoms with Crippen LogP contribution in [0.4, 0.5) is 4.39 Å². The number of benzene rings is 1. The number of aromatic nitrogens is 1. The van der Waals surface area contributed by atoms with Crippen LogP contribution in [0, 0.1) is 5.92 Å². The number of nitrogens with one attached hydrogen (secondary N) is 1. The first-order valence-electron chi connectivity index (χ1n) is 12.3. The molecule has 1 aromatic carbocycles. The molecule has 1 aliphatic heterocycles. The Morgan fingerprint density at radius 1 is 1.11 bits per heavy atom. The Morgan fingerprint density at radius 3 is 2.28 bits per heavy atom. The highest BCUT2D eigenvalue weighted by atomic mass is 19.1. The molecule has 0 aliphatic carbocycles. The number of amides is 2. The summed E-state index contributed by atoms with van der Waals surface area (Å²) < 4.78 is 19.6. The van der Waals surface area contributed by atoms with Crippen LogP contribution in [0.5, 0.6) is 5.75 Å². The number of halogens is 1. The van der Waals surface area contributed by atoms with Crippen molar-refractivity contribution in [3.63, 3.8) is 0 Å². The van der Waals surface area contributed by atoms with Gasteiger partial charge in [0.25, 0.3) is 11.8 Å². The Kier molecular flexibility index (Phi) is 9.52. The first kappa shape index (κ1) is 27.3. The number of likely N-dealkylation sites (tertiary alicyclic amines) is 1. The number of piperidine rings is 1. The Labute approximate surface area is 211 Å². The van der Waals surface area contributed by atoms with Crippen molar-refractivity contribution in [3.8, 4) is 5.75 Å². The summed E-state index contributed by atoms with van der Waals surface area (Å²) in [5.41, 5.74) is 1.14. The van der Waals surface area contributed by atoms with E-state index in [-0.39, 0.29) is 35.4 Å². The molecule has 1 N–H and O–H groups in total. The van der Waals surface area contributed by atoms with E-state index in [4.69, 9.17) is 4.74 Å². The summed E-state index contributed by atoms with van der Waals surface area (Å²) in [6, 6.07) is 9.50. The van der Waals surface area contributed by atoms with E-state index in [9.17, 15) is 18.8 Å². The van der Waals surface area contributed by atoms with Gasteiger partial charge in [-0.15, -0.1) is 0 Å². The van der Waals surface area contributed by atoms with Crippen LogP contribution >= 0.6 is 0 Å². The fourth-order valence-electron chi connectivity index (χ4n) is 4.33. The van der Waals surface area contributed by atoms with Gasteiger partial charge in [-0.2, -0.15) is 0 Å². The summed E-state index contributed by atoms with van der Waals surface area (Å²) in [7, 11) is 5.14. The average molecular weight is 499 g/mol. The molecule has 194 valence electrons. The van der Waals surface area contributed by atoms with Gasteiger partial charge in [0, 0.05) is 37.3 Å². The Morgan fingerprint density at radius 2 is 1.75 bits per heavy atom. The van der Waals surface area contributed by atoms with Crippen molar-refractivity contribution in [2.24, 2.45) is 5.92 Å². The van der Waals surface area contributed by atoms with Crippen molar-refractivity contribution in [1.29, 1.82) is 0 Å². The molecule has 1 saturated heterocycles. The number of hydrogen-bond donors (Lipinski definition) is 1. The first-order chi connectivity index (χ1) is 17.2. The van der Waals surface area contributed by atoms with E-state index in [1.807, 2.05) is 6.92 Å². The number of methoxy groups -OCH3 is 1. The van der Waals surface area contributed by atoms with Crippen LogP contribution in [0.15, 0.2) is 42.6 Å². The number of alkyl halides is 1. The minimum Gasteiger partial charge on any atom is -0.497 e. The van der Waals surface area contributed by atoms with Gasteiger partial charge in [-0.3, -0.25) is 19.4 Å². The number of ketones is 1. The zero-order valence-corrected chi connectivity index (χ0v) is 21.4. The molecule has 36 heavy (non-hydrogen) atoms. The Hall–Kier alpha value is -3.33. The van der Waals surface area contributed by atoms with Gasteiger partial charge in [-0.05, 0) is 69.8 Å². The smallest absolute Gasteiger partial charge is 0.272 e. The molecule has 0 saturated carbocycles. The third-order valence-electron chi connectivity index (χ3n) is 6.50. The van der Waals surface area contributed by atoms with E-state index >= 15 is 0 Å². The summed E-state index contributed by atoms with van der Waals surface area (Å²) in [5.74, 6) is -0.0280. The van der Waals surface area contributed by atoms with Gasteiger partial charge in [-0.1, -0.05) is 6.92 Å². The van der Waals surface area contributed by atoms with Crippen LogP contribution in [0.1, 0.15) is 57.4 Å². The summed E-state index contributed by atoms with van der Waals surface area (Å²) in [6.45, 7) is 2.95. The molecular formula is C27H35FN4O4. The quantitative estimate of drug-likeness (QED) is 0.506. The fraction of sp³-hybridized carbons (Fsp3) is 0.481. The molecule has 2 atom stereocenters. The highest BCUT2D eigenvalue weighted by Crippen LogP contribution is 2.24. The minimum absolute atomic E-state index is 0.0738. The first-order valence-corrected chi connectivity index (χ1v) is 12.3. The van der Waals surface area contributed by atoms with Gasteiger partial charge in [-0.25, -0.2) is 4.39 Å². The van der Waals surface area contributed by atoms with E-state index in [0.717, 1.165) is 0 Å². The number of nitrogens with zero attached hydrogens (tertiary/aromatic N) is 3. The van der Waals surface area contributed by atoms with Crippen LogP contribution in [0.25, 0.3) is 0 Å². The van der Waals surface area contributed by atoms with Crippen molar-refractivity contribution in [3.05, 3.63) is 59.4 Å². The molecule has 2 aromatic rings. The van der Waals surface area contributed by atoms with E-state index in [1.54, 1.807) is 55.3 Å². The van der Waals surface area contributed by atoms with E-state index in [1.165, 1.54) is 18.3 Å². The lowest BCUT2D eigenvalue weighted by molar-refractivity contribution is 0.0645. The number of carbonyl (C=O) groups is 3. The Bertz CT molecular complexity index is 1030. The number of ether oxygens (including phenoxy) is 1. The second-order valence-electron chi connectivity index (χ2n) is 9.36. The summed E-state index contributed by atoms with van der Waals surface area (Å²) >= 11 is 0. The molecule has 3 rings (SSSR count). The SMILES string of the molecule is CCC(NC(=O)c1ccc(C(=O)N2CCC(C(=O)c3ccc(OC)cc3)CC2)nc1)[C@H](F)CN(C)C. The zero-order valence-electron chi connectivity index (χ0n) is 21.4. The predicted molar refractivity (Wildman–Crippen MR) is 135 cm³/mol. The van der Waals surface area contributed by atoms with Gasteiger partial charge in [0.1, 0.15) is 17.6 Å². The standard InChI is InChI=1S/C27H35FN4O4/c1-5-23(22(28)17-31(2)3)30-26(34)20-8-11-24(29-16-20)27(35)32-14-12-19(13-15-32)25(33)18-6-9-21(36-4)10-7-18/h6-11,16,19,22-23H,5,12-15,17H2,1-4H3,(H,30,34)/t22-,23?/m1/s1. The zero-order chi connectivity index (χ0) is 26.2. The van der Waals surface area contributed by atoms with Gasteiger partial charge in [0.15, 0.2) is 5.78 Å². The lowest BCUT2D eigenvalue weighted by Crippen LogP contribution is -2.45. The van der Waals surface area contributed by atoms with Crippen LogP contribution in [0.3, 0.4) is 0 Å². The molecule has 9 heteroatoms. The third kappa shape index (κ3) is 6.87. The molecule has 1 aromatic heterocycles. The van der Waals surface area contributed by atoms with Gasteiger partial charge in [0.05, 0.1) is 18.7 Å². The number of pyridine rings is 1. The third-order valence-corrected chi connectivity index (χ3v) is 6.50. The summed E-state index contributed by atoms with van der Waals surface area (Å²) in [5, 5.41) is 2.72. The molecule has 1 aliphatic rings. The highest BCUT2D eigenvalue weighted by molar-refractivity contribution is 5.99. The summed E-state index contributed by atoms with van der Waals surface area (Å²) in [4.78, 5) is 45.9. The normalized spacial score (nSPS) is 15.9. The van der Waals surface area contributed by atoms with E-state index in [0.29, 0.717) is 43.7 Å². The fourth-order valence-corrected chi connectivity index (χ4v) is 4.33. The molecule has 0 bridgehead atoms. The maximum atomic E-state index is 14.4. The number of carbonyl (C=O) groups excluding carboxylic acids is 3. The van der Waals surface area contributed by atoms with Gasteiger partial charge >= 0.3 is 0 Å². The van der Waals surface area contributed by atoms with Crippen LogP contribution in [0.2, 0.25) is 0 Å². The molecule has 0 radical (unpaired) electrons. The largest absolute Gasteiger partial charge is 0.497 e. The topological polar surface area (TPSA) is 91.8 Å². The molecule has 1 fully saturated rings. The Balaban J connectivity index is 1.54. The lowest BCUT2D eigenvalue weighted by atomic mass is 9.88. The molecule has 2 amide bonds. The molecule has 2 heterocycles. The van der Waals surface area contributed by atoms with Crippen molar-refractivity contribution >= 4 is 17.6 Å². The monoisotopic (exact) mass is 498 g/mol. The van der Waals surface area contributed by atoms with E-state index in [2.05, 4.69) is 10.3 Å². The van der Waals surface area contributed by atoms with Crippen molar-refractivity contribution < 1.29 is 23.5 Å². The minimum atomic E-state index is -1.19. The average Bonchev–Trinajstić information content (AvgIpc) is 2.90.